The Kier molecular flexibility index (Phi) is 4.31. The van der Waals surface area contributed by atoms with Gasteiger partial charge in [-0.2, -0.15) is 22.0 Å². The quantitative estimate of drug-likeness (QED) is 0.610. The number of carbonyl (C=O) groups excluding carboxylic acids is 1. The van der Waals surface area contributed by atoms with Gasteiger partial charge in [0, 0.05) is 10.0 Å². The Labute approximate surface area is 107 Å². The van der Waals surface area contributed by atoms with Gasteiger partial charge in [-0.05, 0) is 19.1 Å². The molecule has 0 amide bonds. The summed E-state index contributed by atoms with van der Waals surface area (Å²) in [4.78, 5) is 11.1. The van der Waals surface area contributed by atoms with E-state index in [0.717, 1.165) is 13.0 Å². The maximum Gasteiger partial charge on any atom is 0.421 e. The Morgan fingerprint density at radius 1 is 1.33 bits per heavy atom. The van der Waals surface area contributed by atoms with Crippen molar-refractivity contribution in [2.45, 2.75) is 19.7 Å². The van der Waals surface area contributed by atoms with Crippen LogP contribution in [0.3, 0.4) is 0 Å². The van der Waals surface area contributed by atoms with Crippen LogP contribution < -0.4 is 4.74 Å². The second-order valence-corrected chi connectivity index (χ2v) is 4.12. The van der Waals surface area contributed by atoms with Crippen molar-refractivity contribution in [1.82, 2.24) is 0 Å². The standard InChI is InChI=1S/C10H6BrF5O2/c1-4(17)5-2-6(11)8(10(14,15)16)7(3-5)18-9(12)13/h2-3,9H,1H3. The topological polar surface area (TPSA) is 26.3 Å². The summed E-state index contributed by atoms with van der Waals surface area (Å²) in [5.74, 6) is -1.65. The maximum atomic E-state index is 12.7. The van der Waals surface area contributed by atoms with Crippen LogP contribution in [0.25, 0.3) is 0 Å². The molecule has 0 radical (unpaired) electrons. The molecule has 0 saturated carbocycles. The highest BCUT2D eigenvalue weighted by molar-refractivity contribution is 9.10. The minimum Gasteiger partial charge on any atom is -0.434 e. The van der Waals surface area contributed by atoms with Crippen LogP contribution in [0.15, 0.2) is 16.6 Å². The van der Waals surface area contributed by atoms with Crippen molar-refractivity contribution in [2.24, 2.45) is 0 Å². The molecule has 8 heteroatoms. The Hall–Kier alpha value is -1.18. The maximum absolute atomic E-state index is 12.7. The molecule has 0 bridgehead atoms. The van der Waals surface area contributed by atoms with Crippen LogP contribution in [0.4, 0.5) is 22.0 Å². The predicted molar refractivity (Wildman–Crippen MR) is 55.8 cm³/mol. The van der Waals surface area contributed by atoms with Crippen molar-refractivity contribution in [3.63, 3.8) is 0 Å². The number of halogens is 6. The lowest BCUT2D eigenvalue weighted by molar-refractivity contribution is -0.142. The third-order valence-corrected chi connectivity index (χ3v) is 2.59. The van der Waals surface area contributed by atoms with Crippen LogP contribution in [-0.2, 0) is 6.18 Å². The molecular formula is C10H6BrF5O2. The lowest BCUT2D eigenvalue weighted by Crippen LogP contribution is -2.13. The summed E-state index contributed by atoms with van der Waals surface area (Å²) in [5.41, 5.74) is -1.54. The molecule has 0 atom stereocenters. The number of rotatable bonds is 3. The summed E-state index contributed by atoms with van der Waals surface area (Å²) in [6.45, 7) is -2.32. The minimum atomic E-state index is -4.88. The van der Waals surface area contributed by atoms with E-state index < -0.39 is 34.4 Å². The van der Waals surface area contributed by atoms with Crippen LogP contribution in [0.5, 0.6) is 5.75 Å². The van der Waals surface area contributed by atoms with Crippen LogP contribution in [0, 0.1) is 0 Å². The van der Waals surface area contributed by atoms with E-state index in [4.69, 9.17) is 0 Å². The Bertz CT molecular complexity index is 470. The molecule has 0 aliphatic heterocycles. The number of Topliss-reactive ketones (excluding diaryl/α,β-unsaturated/α-hetero) is 1. The summed E-state index contributed by atoms with van der Waals surface area (Å²) in [7, 11) is 0. The SMILES string of the molecule is CC(=O)c1cc(Br)c(C(F)(F)F)c(OC(F)F)c1. The number of carbonyl (C=O) groups is 1. The minimum absolute atomic E-state index is 0.162. The number of hydrogen-bond donors (Lipinski definition) is 0. The van der Waals surface area contributed by atoms with E-state index in [1.807, 2.05) is 0 Å². The molecule has 2 nitrogen and oxygen atoms in total. The number of benzene rings is 1. The van der Waals surface area contributed by atoms with Gasteiger partial charge < -0.3 is 4.74 Å². The molecule has 0 unspecified atom stereocenters. The average Bonchev–Trinajstić information content (AvgIpc) is 2.12. The highest BCUT2D eigenvalue weighted by Gasteiger charge is 2.38. The summed E-state index contributed by atoms with van der Waals surface area (Å²) in [6.07, 6.45) is -4.88. The van der Waals surface area contributed by atoms with E-state index in [-0.39, 0.29) is 5.56 Å². The second-order valence-electron chi connectivity index (χ2n) is 3.26. The van der Waals surface area contributed by atoms with E-state index in [9.17, 15) is 26.7 Å². The van der Waals surface area contributed by atoms with Gasteiger partial charge in [0.05, 0.1) is 0 Å². The monoisotopic (exact) mass is 332 g/mol. The van der Waals surface area contributed by atoms with Gasteiger partial charge in [-0.3, -0.25) is 4.79 Å². The first-order chi connectivity index (χ1) is 8.12. The molecule has 0 fully saturated rings. The van der Waals surface area contributed by atoms with E-state index in [0.29, 0.717) is 6.07 Å². The van der Waals surface area contributed by atoms with Crippen molar-refractivity contribution in [1.29, 1.82) is 0 Å². The zero-order valence-corrected chi connectivity index (χ0v) is 10.4. The molecule has 0 saturated heterocycles. The first kappa shape index (κ1) is 14.9. The molecule has 0 aromatic heterocycles. The Morgan fingerprint density at radius 3 is 2.28 bits per heavy atom. The Balaban J connectivity index is 3.45. The number of ether oxygens (including phenoxy) is 1. The first-order valence-electron chi connectivity index (χ1n) is 4.49. The summed E-state index contributed by atoms with van der Waals surface area (Å²) in [5, 5.41) is 0. The molecule has 18 heavy (non-hydrogen) atoms. The van der Waals surface area contributed by atoms with Crippen molar-refractivity contribution in [3.8, 4) is 5.75 Å². The molecule has 1 aromatic rings. The van der Waals surface area contributed by atoms with Gasteiger partial charge in [0.15, 0.2) is 5.78 Å². The average molecular weight is 333 g/mol. The van der Waals surface area contributed by atoms with Gasteiger partial charge in [-0.15, -0.1) is 0 Å². The Morgan fingerprint density at radius 2 is 1.89 bits per heavy atom. The van der Waals surface area contributed by atoms with Crippen molar-refractivity contribution >= 4 is 21.7 Å². The van der Waals surface area contributed by atoms with Crippen molar-refractivity contribution in [3.05, 3.63) is 27.7 Å². The van der Waals surface area contributed by atoms with Gasteiger partial charge >= 0.3 is 12.8 Å². The molecule has 0 aliphatic rings. The molecular weight excluding hydrogens is 327 g/mol. The van der Waals surface area contributed by atoms with Crippen molar-refractivity contribution < 1.29 is 31.5 Å². The lowest BCUT2D eigenvalue weighted by atomic mass is 10.1. The largest absolute Gasteiger partial charge is 0.434 e. The molecule has 0 aliphatic carbocycles. The molecule has 100 valence electrons. The molecule has 0 spiro atoms. The third-order valence-electron chi connectivity index (χ3n) is 1.96. The highest BCUT2D eigenvalue weighted by Crippen LogP contribution is 2.42. The van der Waals surface area contributed by atoms with Crippen LogP contribution in [0.2, 0.25) is 0 Å². The molecule has 1 rings (SSSR count). The number of alkyl halides is 5. The van der Waals surface area contributed by atoms with Gasteiger partial charge in [0.2, 0.25) is 0 Å². The fourth-order valence-electron chi connectivity index (χ4n) is 1.25. The van der Waals surface area contributed by atoms with E-state index >= 15 is 0 Å². The predicted octanol–water partition coefficient (Wildman–Crippen LogP) is 4.27. The first-order valence-corrected chi connectivity index (χ1v) is 5.28. The van der Waals surface area contributed by atoms with Gasteiger partial charge in [0.1, 0.15) is 11.3 Å². The van der Waals surface area contributed by atoms with Crippen LogP contribution >= 0.6 is 15.9 Å². The van der Waals surface area contributed by atoms with Gasteiger partial charge in [-0.25, -0.2) is 0 Å². The smallest absolute Gasteiger partial charge is 0.421 e. The van der Waals surface area contributed by atoms with Gasteiger partial charge in [0.25, 0.3) is 0 Å². The highest BCUT2D eigenvalue weighted by atomic mass is 79.9. The fourth-order valence-corrected chi connectivity index (χ4v) is 1.92. The number of ketones is 1. The van der Waals surface area contributed by atoms with Gasteiger partial charge in [-0.1, -0.05) is 15.9 Å². The fraction of sp³-hybridized carbons (Fsp3) is 0.300. The second kappa shape index (κ2) is 5.21. The van der Waals surface area contributed by atoms with E-state index in [1.54, 1.807) is 0 Å². The summed E-state index contributed by atoms with van der Waals surface area (Å²) in [6, 6.07) is 1.55. The molecule has 1 aromatic carbocycles. The summed E-state index contributed by atoms with van der Waals surface area (Å²) < 4.78 is 65.4. The van der Waals surface area contributed by atoms with Crippen molar-refractivity contribution in [2.75, 3.05) is 0 Å². The molecule has 0 heterocycles. The molecule has 0 N–H and O–H groups in total. The lowest BCUT2D eigenvalue weighted by Gasteiger charge is -2.16. The van der Waals surface area contributed by atoms with Crippen LogP contribution in [0.1, 0.15) is 22.8 Å². The summed E-state index contributed by atoms with van der Waals surface area (Å²) >= 11 is 2.59. The zero-order chi connectivity index (χ0) is 14.1. The zero-order valence-electron chi connectivity index (χ0n) is 8.82. The third kappa shape index (κ3) is 3.41. The van der Waals surface area contributed by atoms with E-state index in [2.05, 4.69) is 20.7 Å². The van der Waals surface area contributed by atoms with Crippen LogP contribution in [-0.4, -0.2) is 12.4 Å². The number of hydrogen-bond acceptors (Lipinski definition) is 2. The normalized spacial score (nSPS) is 11.8. The van der Waals surface area contributed by atoms with E-state index in [1.165, 1.54) is 0 Å².